The van der Waals surface area contributed by atoms with E-state index in [1.807, 2.05) is 12.1 Å². The van der Waals surface area contributed by atoms with Crippen LogP contribution in [0.15, 0.2) is 18.2 Å². The molecular formula is C12H15IO2. The van der Waals surface area contributed by atoms with E-state index in [4.69, 9.17) is 4.74 Å². The van der Waals surface area contributed by atoms with Crippen LogP contribution in [0.25, 0.3) is 0 Å². The molecule has 1 aliphatic rings. The number of ether oxygens (including phenoxy) is 1. The van der Waals surface area contributed by atoms with Crippen LogP contribution < -0.4 is 4.74 Å². The number of halogens is 1. The van der Waals surface area contributed by atoms with Crippen LogP contribution in [0.5, 0.6) is 11.5 Å². The van der Waals surface area contributed by atoms with Crippen LogP contribution >= 0.6 is 22.6 Å². The molecule has 3 heteroatoms. The van der Waals surface area contributed by atoms with E-state index >= 15 is 0 Å². The number of rotatable bonds is 2. The Labute approximate surface area is 104 Å². The number of benzene rings is 1. The quantitative estimate of drug-likeness (QED) is 0.843. The summed E-state index contributed by atoms with van der Waals surface area (Å²) in [5, 5.41) is 9.54. The first kappa shape index (κ1) is 11.0. The normalized spacial score (nSPS) is 17.7. The molecule has 0 atom stereocenters. The summed E-state index contributed by atoms with van der Waals surface area (Å²) in [4.78, 5) is 0. The third-order valence-electron chi connectivity index (χ3n) is 2.77. The highest BCUT2D eigenvalue weighted by Crippen LogP contribution is 2.28. The second-order valence-electron chi connectivity index (χ2n) is 3.99. The molecule has 82 valence electrons. The zero-order valence-corrected chi connectivity index (χ0v) is 10.7. The Kier molecular flexibility index (Phi) is 3.72. The maximum absolute atomic E-state index is 9.54. The first-order valence-corrected chi connectivity index (χ1v) is 6.49. The van der Waals surface area contributed by atoms with Crippen LogP contribution in [0.1, 0.15) is 32.1 Å². The first-order valence-electron chi connectivity index (χ1n) is 5.41. The van der Waals surface area contributed by atoms with Crippen molar-refractivity contribution < 1.29 is 9.84 Å². The summed E-state index contributed by atoms with van der Waals surface area (Å²) >= 11 is 2.11. The molecule has 0 aliphatic heterocycles. The lowest BCUT2D eigenvalue weighted by Gasteiger charge is -2.23. The molecule has 0 saturated heterocycles. The Morgan fingerprint density at radius 3 is 2.60 bits per heavy atom. The highest BCUT2D eigenvalue weighted by Gasteiger charge is 2.15. The number of phenolic OH excluding ortho intramolecular Hbond substituents is 1. The Balaban J connectivity index is 2.00. The molecule has 1 saturated carbocycles. The van der Waals surface area contributed by atoms with Crippen molar-refractivity contribution in [3.05, 3.63) is 21.8 Å². The molecule has 0 amide bonds. The van der Waals surface area contributed by atoms with Gasteiger partial charge in [-0.05, 0) is 60.4 Å². The van der Waals surface area contributed by atoms with Crippen molar-refractivity contribution in [2.75, 3.05) is 0 Å². The van der Waals surface area contributed by atoms with Crippen LogP contribution in [-0.4, -0.2) is 11.2 Å². The molecule has 1 aromatic rings. The van der Waals surface area contributed by atoms with E-state index in [0.717, 1.165) is 22.2 Å². The van der Waals surface area contributed by atoms with Gasteiger partial charge in [0.25, 0.3) is 0 Å². The second-order valence-corrected chi connectivity index (χ2v) is 5.15. The standard InChI is InChI=1S/C12H15IO2/c13-11-7-6-10(8-12(11)14)15-9-4-2-1-3-5-9/h6-9,14H,1-5H2. The van der Waals surface area contributed by atoms with Gasteiger partial charge in [-0.2, -0.15) is 0 Å². The monoisotopic (exact) mass is 318 g/mol. The largest absolute Gasteiger partial charge is 0.507 e. The SMILES string of the molecule is Oc1cc(OC2CCCCC2)ccc1I. The van der Waals surface area contributed by atoms with Gasteiger partial charge in [0.2, 0.25) is 0 Å². The maximum atomic E-state index is 9.54. The predicted molar refractivity (Wildman–Crippen MR) is 68.3 cm³/mol. The van der Waals surface area contributed by atoms with E-state index in [0.29, 0.717) is 11.9 Å². The van der Waals surface area contributed by atoms with E-state index < -0.39 is 0 Å². The van der Waals surface area contributed by atoms with Gasteiger partial charge < -0.3 is 9.84 Å². The van der Waals surface area contributed by atoms with Crippen LogP contribution in [0.2, 0.25) is 0 Å². The zero-order valence-electron chi connectivity index (χ0n) is 8.58. The second kappa shape index (κ2) is 5.05. The smallest absolute Gasteiger partial charge is 0.132 e. The topological polar surface area (TPSA) is 29.5 Å². The molecule has 1 aliphatic carbocycles. The van der Waals surface area contributed by atoms with Crippen molar-refractivity contribution in [1.82, 2.24) is 0 Å². The molecule has 0 aromatic heterocycles. The minimum absolute atomic E-state index is 0.309. The molecule has 0 radical (unpaired) electrons. The van der Waals surface area contributed by atoms with Gasteiger partial charge in [-0.1, -0.05) is 6.42 Å². The summed E-state index contributed by atoms with van der Waals surface area (Å²) in [6.07, 6.45) is 6.50. The molecule has 2 rings (SSSR count). The van der Waals surface area contributed by atoms with E-state index in [-0.39, 0.29) is 0 Å². The first-order chi connectivity index (χ1) is 7.25. The number of hydrogen-bond acceptors (Lipinski definition) is 2. The van der Waals surface area contributed by atoms with Crippen LogP contribution in [-0.2, 0) is 0 Å². The number of aromatic hydroxyl groups is 1. The van der Waals surface area contributed by atoms with Crippen molar-refractivity contribution in [2.24, 2.45) is 0 Å². The lowest BCUT2D eigenvalue weighted by molar-refractivity contribution is 0.154. The summed E-state index contributed by atoms with van der Waals surface area (Å²) in [6, 6.07) is 5.51. The van der Waals surface area contributed by atoms with Gasteiger partial charge in [0, 0.05) is 6.07 Å². The Morgan fingerprint density at radius 1 is 1.20 bits per heavy atom. The minimum Gasteiger partial charge on any atom is -0.507 e. The minimum atomic E-state index is 0.309. The van der Waals surface area contributed by atoms with E-state index in [9.17, 15) is 5.11 Å². The molecule has 15 heavy (non-hydrogen) atoms. The Bertz CT molecular complexity index is 332. The summed E-state index contributed by atoms with van der Waals surface area (Å²) in [5.74, 6) is 1.10. The molecule has 0 bridgehead atoms. The van der Waals surface area contributed by atoms with Crippen molar-refractivity contribution in [1.29, 1.82) is 0 Å². The highest BCUT2D eigenvalue weighted by atomic mass is 127. The van der Waals surface area contributed by atoms with Crippen molar-refractivity contribution in [2.45, 2.75) is 38.2 Å². The lowest BCUT2D eigenvalue weighted by Crippen LogP contribution is -2.19. The fraction of sp³-hybridized carbons (Fsp3) is 0.500. The van der Waals surface area contributed by atoms with Gasteiger partial charge in [-0.25, -0.2) is 0 Å². The van der Waals surface area contributed by atoms with E-state index in [1.54, 1.807) is 6.07 Å². The third kappa shape index (κ3) is 3.00. The van der Waals surface area contributed by atoms with Gasteiger partial charge in [-0.3, -0.25) is 0 Å². The van der Waals surface area contributed by atoms with Gasteiger partial charge in [-0.15, -0.1) is 0 Å². The Morgan fingerprint density at radius 2 is 1.93 bits per heavy atom. The molecular weight excluding hydrogens is 303 g/mol. The average Bonchev–Trinajstić information content (AvgIpc) is 2.25. The Hall–Kier alpha value is -0.450. The third-order valence-corrected chi connectivity index (χ3v) is 3.68. The zero-order chi connectivity index (χ0) is 10.7. The number of hydrogen-bond donors (Lipinski definition) is 1. The fourth-order valence-corrected chi connectivity index (χ4v) is 2.28. The molecule has 2 nitrogen and oxygen atoms in total. The number of phenols is 1. The van der Waals surface area contributed by atoms with E-state index in [2.05, 4.69) is 22.6 Å². The van der Waals surface area contributed by atoms with Gasteiger partial charge in [0.1, 0.15) is 11.5 Å². The van der Waals surface area contributed by atoms with Crippen molar-refractivity contribution in [3.8, 4) is 11.5 Å². The molecule has 1 N–H and O–H groups in total. The van der Waals surface area contributed by atoms with Crippen molar-refractivity contribution >= 4 is 22.6 Å². The van der Waals surface area contributed by atoms with Gasteiger partial charge in [0.15, 0.2) is 0 Å². The molecule has 0 heterocycles. The van der Waals surface area contributed by atoms with Gasteiger partial charge >= 0.3 is 0 Å². The summed E-state index contributed by atoms with van der Waals surface area (Å²) in [6.45, 7) is 0. The fourth-order valence-electron chi connectivity index (χ4n) is 1.94. The molecule has 0 unspecified atom stereocenters. The average molecular weight is 318 g/mol. The summed E-state index contributed by atoms with van der Waals surface area (Å²) in [5.41, 5.74) is 0. The lowest BCUT2D eigenvalue weighted by atomic mass is 9.98. The summed E-state index contributed by atoms with van der Waals surface area (Å²) < 4.78 is 6.69. The highest BCUT2D eigenvalue weighted by molar-refractivity contribution is 14.1. The van der Waals surface area contributed by atoms with Crippen molar-refractivity contribution in [3.63, 3.8) is 0 Å². The van der Waals surface area contributed by atoms with E-state index in [1.165, 1.54) is 19.3 Å². The predicted octanol–water partition coefficient (Wildman–Crippen LogP) is 3.71. The van der Waals surface area contributed by atoms with Crippen LogP contribution in [0.4, 0.5) is 0 Å². The molecule has 0 spiro atoms. The molecule has 1 fully saturated rings. The maximum Gasteiger partial charge on any atom is 0.132 e. The summed E-state index contributed by atoms with van der Waals surface area (Å²) in [7, 11) is 0. The van der Waals surface area contributed by atoms with Crippen LogP contribution in [0.3, 0.4) is 0 Å². The van der Waals surface area contributed by atoms with Crippen LogP contribution in [0, 0.1) is 3.57 Å². The van der Waals surface area contributed by atoms with Gasteiger partial charge in [0.05, 0.1) is 9.67 Å². The molecule has 1 aromatic carbocycles.